The first-order chi connectivity index (χ1) is 7.45. The molecule has 4 heteroatoms. The van der Waals surface area contributed by atoms with Gasteiger partial charge in [-0.15, -0.1) is 0 Å². The van der Waals surface area contributed by atoms with Crippen molar-refractivity contribution in [2.45, 2.75) is 25.8 Å². The lowest BCUT2D eigenvalue weighted by molar-refractivity contribution is -0.001000. The molecule has 0 saturated carbocycles. The third kappa shape index (κ3) is 6.34. The van der Waals surface area contributed by atoms with Crippen molar-refractivity contribution in [3.8, 4) is 0 Å². The fourth-order valence-electron chi connectivity index (χ4n) is 1.97. The SMILES string of the molecule is C1=CCC(CNCc2cccnc2)CC1.[Br-].[Br-]. The summed E-state index contributed by atoms with van der Waals surface area (Å²) in [6, 6.07) is 4.10. The highest BCUT2D eigenvalue weighted by molar-refractivity contribution is 5.07. The van der Waals surface area contributed by atoms with Crippen molar-refractivity contribution in [1.29, 1.82) is 0 Å². The van der Waals surface area contributed by atoms with E-state index in [1.165, 1.54) is 24.8 Å². The number of rotatable bonds is 4. The lowest BCUT2D eigenvalue weighted by Gasteiger charge is -2.18. The summed E-state index contributed by atoms with van der Waals surface area (Å²) in [4.78, 5) is 4.10. The number of allylic oxidation sites excluding steroid dienone is 2. The van der Waals surface area contributed by atoms with Crippen molar-refractivity contribution in [2.75, 3.05) is 6.54 Å². The van der Waals surface area contributed by atoms with Gasteiger partial charge in [-0.3, -0.25) is 4.98 Å². The maximum atomic E-state index is 4.10. The molecule has 1 aliphatic rings. The molecule has 0 amide bonds. The molecule has 0 aromatic carbocycles. The average molecular weight is 362 g/mol. The van der Waals surface area contributed by atoms with E-state index >= 15 is 0 Å². The number of hydrogen-bond acceptors (Lipinski definition) is 2. The molecule has 0 radical (unpaired) electrons. The number of nitrogens with zero attached hydrogens (tertiary/aromatic N) is 1. The van der Waals surface area contributed by atoms with E-state index < -0.39 is 0 Å². The van der Waals surface area contributed by atoms with E-state index in [1.54, 1.807) is 0 Å². The van der Waals surface area contributed by atoms with Crippen LogP contribution >= 0.6 is 0 Å². The van der Waals surface area contributed by atoms with Crippen molar-refractivity contribution in [3.63, 3.8) is 0 Å². The number of pyridine rings is 1. The van der Waals surface area contributed by atoms with Crippen LogP contribution in [0, 0.1) is 5.92 Å². The van der Waals surface area contributed by atoms with Gasteiger partial charge in [0.2, 0.25) is 0 Å². The molecule has 1 heterocycles. The Morgan fingerprint density at radius 2 is 2.18 bits per heavy atom. The Kier molecular flexibility index (Phi) is 9.69. The predicted octanol–water partition coefficient (Wildman–Crippen LogP) is -3.46. The zero-order valence-corrected chi connectivity index (χ0v) is 13.0. The molecule has 1 aromatic heterocycles. The van der Waals surface area contributed by atoms with Crippen LogP contribution in [0.2, 0.25) is 0 Å². The molecule has 0 saturated heterocycles. The molecule has 2 rings (SSSR count). The van der Waals surface area contributed by atoms with Gasteiger partial charge in [-0.25, -0.2) is 0 Å². The minimum atomic E-state index is 0. The number of aromatic nitrogens is 1. The minimum absolute atomic E-state index is 0. The fraction of sp³-hybridized carbons (Fsp3) is 0.462. The molecule has 1 aromatic rings. The third-order valence-corrected chi connectivity index (χ3v) is 2.86. The summed E-state index contributed by atoms with van der Waals surface area (Å²) in [7, 11) is 0. The predicted molar refractivity (Wildman–Crippen MR) is 62.4 cm³/mol. The first kappa shape index (κ1) is 16.8. The van der Waals surface area contributed by atoms with Crippen molar-refractivity contribution >= 4 is 0 Å². The molecule has 0 bridgehead atoms. The standard InChI is InChI=1S/C13H18N2.2BrH/c1-2-5-12(6-3-1)9-15-11-13-7-4-8-14-10-13;;/h1-2,4,7-8,10,12,15H,3,5-6,9,11H2;2*1H/p-2. The quantitative estimate of drug-likeness (QED) is 0.564. The van der Waals surface area contributed by atoms with Crippen molar-refractivity contribution in [3.05, 3.63) is 42.2 Å². The number of halogens is 2. The Labute approximate surface area is 124 Å². The Morgan fingerprint density at radius 1 is 1.29 bits per heavy atom. The Balaban J connectivity index is 0.00000128. The van der Waals surface area contributed by atoms with Gasteiger partial charge in [0, 0.05) is 18.9 Å². The van der Waals surface area contributed by atoms with Crippen molar-refractivity contribution < 1.29 is 34.0 Å². The Bertz CT molecular complexity index is 314. The first-order valence-electron chi connectivity index (χ1n) is 5.70. The molecule has 0 aliphatic heterocycles. The van der Waals surface area contributed by atoms with E-state index in [2.05, 4.69) is 28.5 Å². The van der Waals surface area contributed by atoms with Crippen LogP contribution in [-0.2, 0) is 6.54 Å². The van der Waals surface area contributed by atoms with Crippen LogP contribution in [0.3, 0.4) is 0 Å². The third-order valence-electron chi connectivity index (χ3n) is 2.86. The maximum Gasteiger partial charge on any atom is 0.0312 e. The molecule has 0 spiro atoms. The largest absolute Gasteiger partial charge is 1.00 e. The summed E-state index contributed by atoms with van der Waals surface area (Å²) in [5.41, 5.74) is 1.27. The van der Waals surface area contributed by atoms with Crippen LogP contribution in [0.1, 0.15) is 24.8 Å². The second-order valence-corrected chi connectivity index (χ2v) is 4.14. The number of hydrogen-bond donors (Lipinski definition) is 1. The lowest BCUT2D eigenvalue weighted by atomic mass is 9.94. The van der Waals surface area contributed by atoms with Gasteiger partial charge >= 0.3 is 0 Å². The monoisotopic (exact) mass is 360 g/mol. The van der Waals surface area contributed by atoms with Gasteiger partial charge < -0.3 is 39.3 Å². The zero-order chi connectivity index (χ0) is 10.3. The lowest BCUT2D eigenvalue weighted by Crippen LogP contribution is -3.00. The fourth-order valence-corrected chi connectivity index (χ4v) is 1.97. The topological polar surface area (TPSA) is 24.9 Å². The van der Waals surface area contributed by atoms with Crippen LogP contribution in [-0.4, -0.2) is 11.5 Å². The molecule has 0 fully saturated rings. The van der Waals surface area contributed by atoms with Gasteiger partial charge in [0.25, 0.3) is 0 Å². The van der Waals surface area contributed by atoms with Crippen LogP contribution < -0.4 is 39.3 Å². The van der Waals surface area contributed by atoms with E-state index in [-0.39, 0.29) is 34.0 Å². The highest BCUT2D eigenvalue weighted by Crippen LogP contribution is 2.16. The van der Waals surface area contributed by atoms with E-state index in [9.17, 15) is 0 Å². The van der Waals surface area contributed by atoms with Gasteiger partial charge in [0.1, 0.15) is 0 Å². The molecule has 1 N–H and O–H groups in total. The minimum Gasteiger partial charge on any atom is -1.00 e. The first-order valence-corrected chi connectivity index (χ1v) is 5.70. The van der Waals surface area contributed by atoms with Gasteiger partial charge in [0.05, 0.1) is 0 Å². The van der Waals surface area contributed by atoms with Gasteiger partial charge in [-0.05, 0) is 43.4 Å². The molecule has 2 nitrogen and oxygen atoms in total. The van der Waals surface area contributed by atoms with Crippen LogP contribution in [0.5, 0.6) is 0 Å². The molecular formula is C13H18Br2N2-2. The second-order valence-electron chi connectivity index (χ2n) is 4.14. The highest BCUT2D eigenvalue weighted by atomic mass is 79.9. The summed E-state index contributed by atoms with van der Waals surface area (Å²) in [5, 5.41) is 3.50. The molecule has 96 valence electrons. The van der Waals surface area contributed by atoms with Crippen molar-refractivity contribution in [2.24, 2.45) is 5.92 Å². The second kappa shape index (κ2) is 9.80. The summed E-state index contributed by atoms with van der Waals surface area (Å²) in [6.07, 6.45) is 12.1. The summed E-state index contributed by atoms with van der Waals surface area (Å²) in [6.45, 7) is 2.06. The zero-order valence-electron chi connectivity index (χ0n) is 9.78. The van der Waals surface area contributed by atoms with E-state index in [4.69, 9.17) is 0 Å². The van der Waals surface area contributed by atoms with E-state index in [0.29, 0.717) is 0 Å². The maximum absolute atomic E-state index is 4.10. The number of nitrogens with one attached hydrogen (secondary N) is 1. The Morgan fingerprint density at radius 3 is 2.82 bits per heavy atom. The van der Waals surface area contributed by atoms with Crippen LogP contribution in [0.15, 0.2) is 36.7 Å². The molecule has 1 atom stereocenters. The molecule has 1 unspecified atom stereocenters. The molecule has 17 heavy (non-hydrogen) atoms. The van der Waals surface area contributed by atoms with E-state index in [1.807, 2.05) is 18.5 Å². The highest BCUT2D eigenvalue weighted by Gasteiger charge is 2.08. The Hall–Kier alpha value is -0.190. The van der Waals surface area contributed by atoms with E-state index in [0.717, 1.165) is 19.0 Å². The van der Waals surface area contributed by atoms with Crippen molar-refractivity contribution in [1.82, 2.24) is 10.3 Å². The van der Waals surface area contributed by atoms with Gasteiger partial charge in [0.15, 0.2) is 0 Å². The molecule has 1 aliphatic carbocycles. The van der Waals surface area contributed by atoms with Crippen LogP contribution in [0.4, 0.5) is 0 Å². The molecular weight excluding hydrogens is 344 g/mol. The smallest absolute Gasteiger partial charge is 0.0312 e. The van der Waals surface area contributed by atoms with Gasteiger partial charge in [-0.2, -0.15) is 0 Å². The van der Waals surface area contributed by atoms with Gasteiger partial charge in [-0.1, -0.05) is 18.2 Å². The summed E-state index contributed by atoms with van der Waals surface area (Å²) in [5.74, 6) is 0.826. The normalized spacial score (nSPS) is 18.0. The summed E-state index contributed by atoms with van der Waals surface area (Å²) < 4.78 is 0. The van der Waals surface area contributed by atoms with Crippen LogP contribution in [0.25, 0.3) is 0 Å². The average Bonchev–Trinajstić information content (AvgIpc) is 2.32. The summed E-state index contributed by atoms with van der Waals surface area (Å²) >= 11 is 0.